The SMILES string of the molecule is CCNC(=O)c1noc(=C2CC(C(C)C)=C(O)C=C2O)c1=C1C=CC2=C(CCN(C)C2)C1. The maximum atomic E-state index is 12.8. The van der Waals surface area contributed by atoms with E-state index in [0.29, 0.717) is 29.2 Å². The number of aromatic nitrogens is 1. The van der Waals surface area contributed by atoms with Crippen LogP contribution in [0.4, 0.5) is 0 Å². The number of nitrogens with zero attached hydrogens (tertiary/aromatic N) is 2. The lowest BCUT2D eigenvalue weighted by Gasteiger charge is -2.29. The first-order valence-corrected chi connectivity index (χ1v) is 11.2. The van der Waals surface area contributed by atoms with Crippen LogP contribution in [-0.2, 0) is 0 Å². The number of rotatable bonds is 3. The Balaban J connectivity index is 1.94. The molecule has 0 radical (unpaired) electrons. The monoisotopic (exact) mass is 437 g/mol. The third kappa shape index (κ3) is 4.05. The van der Waals surface area contributed by atoms with E-state index in [4.69, 9.17) is 4.52 Å². The molecule has 0 unspecified atom stereocenters. The van der Waals surface area contributed by atoms with Gasteiger partial charge in [-0.15, -0.1) is 0 Å². The highest BCUT2D eigenvalue weighted by Gasteiger charge is 2.26. The van der Waals surface area contributed by atoms with E-state index < -0.39 is 0 Å². The van der Waals surface area contributed by atoms with Crippen molar-refractivity contribution >= 4 is 17.1 Å². The molecule has 170 valence electrons. The van der Waals surface area contributed by atoms with Crippen LogP contribution in [0.5, 0.6) is 0 Å². The molecular weight excluding hydrogens is 406 g/mol. The summed E-state index contributed by atoms with van der Waals surface area (Å²) in [5.74, 6) is -0.189. The van der Waals surface area contributed by atoms with Crippen LogP contribution in [0.15, 0.2) is 51.0 Å². The van der Waals surface area contributed by atoms with Crippen LogP contribution < -0.4 is 16.0 Å². The van der Waals surface area contributed by atoms with E-state index in [1.165, 1.54) is 17.2 Å². The summed E-state index contributed by atoms with van der Waals surface area (Å²) in [6, 6.07) is 0. The molecule has 2 heterocycles. The molecule has 1 aliphatic heterocycles. The number of hydrogen-bond acceptors (Lipinski definition) is 6. The fraction of sp³-hybridized carbons (Fsp3) is 0.440. The molecule has 0 aromatic carbocycles. The first-order chi connectivity index (χ1) is 15.3. The van der Waals surface area contributed by atoms with Crippen molar-refractivity contribution in [1.29, 1.82) is 0 Å². The molecule has 0 spiro atoms. The maximum Gasteiger partial charge on any atom is 0.274 e. The van der Waals surface area contributed by atoms with Gasteiger partial charge in [0, 0.05) is 37.7 Å². The zero-order chi connectivity index (χ0) is 23.0. The molecule has 4 rings (SSSR count). The van der Waals surface area contributed by atoms with E-state index in [0.717, 1.165) is 37.1 Å². The van der Waals surface area contributed by atoms with Crippen molar-refractivity contribution in [3.63, 3.8) is 0 Å². The molecule has 0 saturated carbocycles. The van der Waals surface area contributed by atoms with Crippen molar-refractivity contribution in [3.8, 4) is 0 Å². The molecule has 3 N–H and O–H groups in total. The van der Waals surface area contributed by atoms with Gasteiger partial charge in [-0.2, -0.15) is 0 Å². The fourth-order valence-corrected chi connectivity index (χ4v) is 4.57. The molecule has 1 amide bonds. The highest BCUT2D eigenvalue weighted by molar-refractivity contribution is 5.93. The van der Waals surface area contributed by atoms with Gasteiger partial charge in [0.05, 0.1) is 5.22 Å². The van der Waals surface area contributed by atoms with Crippen LogP contribution in [0.3, 0.4) is 0 Å². The highest BCUT2D eigenvalue weighted by atomic mass is 16.5. The summed E-state index contributed by atoms with van der Waals surface area (Å²) >= 11 is 0. The number of carbonyl (C=O) groups excluding carboxylic acids is 1. The van der Waals surface area contributed by atoms with Crippen molar-refractivity contribution in [3.05, 3.63) is 62.8 Å². The highest BCUT2D eigenvalue weighted by Crippen LogP contribution is 2.32. The molecule has 7 nitrogen and oxygen atoms in total. The van der Waals surface area contributed by atoms with Crippen LogP contribution in [0.1, 0.15) is 50.5 Å². The topological polar surface area (TPSA) is 98.8 Å². The summed E-state index contributed by atoms with van der Waals surface area (Å²) in [7, 11) is 2.12. The van der Waals surface area contributed by atoms with E-state index in [1.54, 1.807) is 0 Å². The van der Waals surface area contributed by atoms with Gasteiger partial charge in [0.15, 0.2) is 11.1 Å². The minimum atomic E-state index is -0.302. The van der Waals surface area contributed by atoms with E-state index in [1.807, 2.05) is 26.8 Å². The number of carbonyl (C=O) groups is 1. The molecule has 0 atom stereocenters. The molecule has 0 bridgehead atoms. The second kappa shape index (κ2) is 8.82. The molecule has 1 aromatic heterocycles. The van der Waals surface area contributed by atoms with Gasteiger partial charge in [-0.05, 0) is 49.5 Å². The summed E-state index contributed by atoms with van der Waals surface area (Å²) in [5, 5.41) is 28.5. The number of nitrogens with one attached hydrogen (secondary N) is 1. The van der Waals surface area contributed by atoms with Crippen LogP contribution in [0.2, 0.25) is 0 Å². The first kappa shape index (κ1) is 22.1. The lowest BCUT2D eigenvalue weighted by Crippen LogP contribution is -2.36. The number of aliphatic hydroxyl groups is 2. The zero-order valence-electron chi connectivity index (χ0n) is 19.2. The molecule has 7 heteroatoms. The van der Waals surface area contributed by atoms with E-state index in [2.05, 4.69) is 28.5 Å². The Morgan fingerprint density at radius 3 is 2.72 bits per heavy atom. The molecule has 3 aliphatic rings. The lowest BCUT2D eigenvalue weighted by molar-refractivity contribution is 0.0946. The molecule has 0 saturated heterocycles. The van der Waals surface area contributed by atoms with Crippen molar-refractivity contribution in [2.45, 2.75) is 40.0 Å². The molecule has 0 fully saturated rings. The predicted molar refractivity (Wildman–Crippen MR) is 123 cm³/mol. The number of likely N-dealkylation sites (N-methyl/N-ethyl adjacent to an activating group) is 1. The largest absolute Gasteiger partial charge is 0.508 e. The Morgan fingerprint density at radius 2 is 2.00 bits per heavy atom. The second-order valence-electron chi connectivity index (χ2n) is 9.00. The Labute approximate surface area is 187 Å². The van der Waals surface area contributed by atoms with Gasteiger partial charge < -0.3 is 25.0 Å². The van der Waals surface area contributed by atoms with Crippen LogP contribution in [0.25, 0.3) is 11.1 Å². The summed E-state index contributed by atoms with van der Waals surface area (Å²) in [6.45, 7) is 8.24. The number of hydrogen-bond donors (Lipinski definition) is 3. The van der Waals surface area contributed by atoms with Crippen molar-refractivity contribution in [1.82, 2.24) is 15.4 Å². The normalized spacial score (nSPS) is 23.0. The first-order valence-electron chi connectivity index (χ1n) is 11.2. The van der Waals surface area contributed by atoms with Gasteiger partial charge >= 0.3 is 0 Å². The number of allylic oxidation sites excluding steroid dienone is 4. The Morgan fingerprint density at radius 1 is 1.25 bits per heavy atom. The van der Waals surface area contributed by atoms with Crippen LogP contribution in [0, 0.1) is 5.92 Å². The molecule has 32 heavy (non-hydrogen) atoms. The van der Waals surface area contributed by atoms with Crippen molar-refractivity contribution in [2.24, 2.45) is 5.92 Å². The Kier molecular flexibility index (Phi) is 6.11. The predicted octanol–water partition coefficient (Wildman–Crippen LogP) is 2.63. The third-order valence-electron chi connectivity index (χ3n) is 6.39. The summed E-state index contributed by atoms with van der Waals surface area (Å²) in [5.41, 5.74) is 5.60. The van der Waals surface area contributed by atoms with Gasteiger partial charge in [0.2, 0.25) is 0 Å². The Bertz CT molecular complexity index is 1190. The smallest absolute Gasteiger partial charge is 0.274 e. The standard InChI is InChI=1S/C25H31N3O4/c1-5-26-25(31)23-22(16-6-7-17-13-28(4)9-8-15(17)10-16)24(32-27-23)19-11-18(14(2)3)20(29)12-21(19)30/h6-7,12,14,29-30H,5,8-11,13H2,1-4H3,(H,26,31). The fourth-order valence-electron chi connectivity index (χ4n) is 4.57. The maximum absolute atomic E-state index is 12.8. The second-order valence-corrected chi connectivity index (χ2v) is 9.00. The summed E-state index contributed by atoms with van der Waals surface area (Å²) in [4.78, 5) is 15.1. The molecule has 1 aromatic rings. The van der Waals surface area contributed by atoms with Gasteiger partial charge in [0.25, 0.3) is 5.91 Å². The Hall–Kier alpha value is -3.06. The van der Waals surface area contributed by atoms with Gasteiger partial charge in [0.1, 0.15) is 11.5 Å². The number of aliphatic hydroxyl groups excluding tert-OH is 2. The third-order valence-corrected chi connectivity index (χ3v) is 6.39. The van der Waals surface area contributed by atoms with Crippen LogP contribution >= 0.6 is 0 Å². The summed E-state index contributed by atoms with van der Waals surface area (Å²) < 4.78 is 5.71. The van der Waals surface area contributed by atoms with Gasteiger partial charge in [-0.25, -0.2) is 0 Å². The van der Waals surface area contributed by atoms with Gasteiger partial charge in [-0.1, -0.05) is 36.7 Å². The van der Waals surface area contributed by atoms with E-state index >= 15 is 0 Å². The number of amides is 1. The average molecular weight is 438 g/mol. The molecule has 2 aliphatic carbocycles. The lowest BCUT2D eigenvalue weighted by atomic mass is 9.86. The van der Waals surface area contributed by atoms with Crippen LogP contribution in [-0.4, -0.2) is 52.9 Å². The zero-order valence-corrected chi connectivity index (χ0v) is 19.2. The quantitative estimate of drug-likeness (QED) is 0.672. The van der Waals surface area contributed by atoms with Crippen molar-refractivity contribution in [2.75, 3.05) is 26.7 Å². The van der Waals surface area contributed by atoms with Gasteiger partial charge in [-0.3, -0.25) is 4.79 Å². The van der Waals surface area contributed by atoms with E-state index in [-0.39, 0.29) is 29.0 Å². The minimum absolute atomic E-state index is 0.0636. The molecular formula is C25H31N3O4. The van der Waals surface area contributed by atoms with E-state index in [9.17, 15) is 15.0 Å². The average Bonchev–Trinajstić information content (AvgIpc) is 3.18. The summed E-state index contributed by atoms with van der Waals surface area (Å²) in [6.07, 6.45) is 7.54. The minimum Gasteiger partial charge on any atom is -0.508 e. The van der Waals surface area contributed by atoms with Crippen molar-refractivity contribution < 1.29 is 19.5 Å².